The highest BCUT2D eigenvalue weighted by Gasteiger charge is 2.55. The number of nitrogens with zero attached hydrogens (tertiary/aromatic N) is 1. The van der Waals surface area contributed by atoms with Gasteiger partial charge in [0.25, 0.3) is 0 Å². The Bertz CT molecular complexity index is 308. The van der Waals surface area contributed by atoms with Gasteiger partial charge in [-0.05, 0) is 37.6 Å². The molecule has 0 aromatic carbocycles. The smallest absolute Gasteiger partial charge is 0.104 e. The molecule has 0 N–H and O–H groups in total. The lowest BCUT2D eigenvalue weighted by Gasteiger charge is -2.45. The van der Waals surface area contributed by atoms with Crippen LogP contribution >= 0.6 is 0 Å². The van der Waals surface area contributed by atoms with Crippen molar-refractivity contribution in [3.05, 3.63) is 0 Å². The van der Waals surface area contributed by atoms with Gasteiger partial charge < -0.3 is 9.47 Å². The van der Waals surface area contributed by atoms with E-state index in [0.29, 0.717) is 23.1 Å². The Morgan fingerprint density at radius 1 is 1.28 bits per heavy atom. The number of rotatable bonds is 3. The minimum Gasteiger partial charge on any atom is -0.376 e. The first-order chi connectivity index (χ1) is 8.53. The van der Waals surface area contributed by atoms with E-state index in [9.17, 15) is 0 Å². The summed E-state index contributed by atoms with van der Waals surface area (Å²) in [6, 6.07) is 0.646. The molecular formula is C15H27NO2. The summed E-state index contributed by atoms with van der Waals surface area (Å²) in [5.74, 6) is 0. The molecule has 104 valence electrons. The highest BCUT2D eigenvalue weighted by atomic mass is 16.6. The molecule has 0 aromatic rings. The number of hydrogen-bond acceptors (Lipinski definition) is 3. The lowest BCUT2D eigenvalue weighted by molar-refractivity contribution is -0.139. The van der Waals surface area contributed by atoms with Gasteiger partial charge >= 0.3 is 0 Å². The summed E-state index contributed by atoms with van der Waals surface area (Å²) in [5.41, 5.74) is 0.828. The Hall–Kier alpha value is -0.120. The molecule has 3 rings (SSSR count). The molecule has 3 aliphatic rings. The Balaban J connectivity index is 1.64. The predicted molar refractivity (Wildman–Crippen MR) is 71.7 cm³/mol. The third-order valence-corrected chi connectivity index (χ3v) is 5.40. The first-order valence-corrected chi connectivity index (χ1v) is 7.49. The fourth-order valence-corrected chi connectivity index (χ4v) is 4.17. The van der Waals surface area contributed by atoms with Crippen LogP contribution in [0.4, 0.5) is 0 Å². The van der Waals surface area contributed by atoms with Crippen LogP contribution in [0.1, 0.15) is 46.5 Å². The lowest BCUT2D eigenvalue weighted by Crippen LogP contribution is -2.52. The van der Waals surface area contributed by atoms with Crippen molar-refractivity contribution in [3.8, 4) is 0 Å². The van der Waals surface area contributed by atoms with Crippen LogP contribution in [-0.4, -0.2) is 49.0 Å². The lowest BCUT2D eigenvalue weighted by atomic mass is 9.71. The molecule has 3 fully saturated rings. The van der Waals surface area contributed by atoms with Gasteiger partial charge in [-0.25, -0.2) is 0 Å². The maximum Gasteiger partial charge on any atom is 0.104 e. The van der Waals surface area contributed by atoms with Crippen LogP contribution in [0.2, 0.25) is 0 Å². The topological polar surface area (TPSA) is 21.7 Å². The Morgan fingerprint density at radius 2 is 2.06 bits per heavy atom. The monoisotopic (exact) mass is 253 g/mol. The summed E-state index contributed by atoms with van der Waals surface area (Å²) in [4.78, 5) is 2.77. The molecule has 2 unspecified atom stereocenters. The van der Waals surface area contributed by atoms with Crippen molar-refractivity contribution < 1.29 is 9.47 Å². The number of fused-ring (bicyclic) bond motifs is 1. The van der Waals surface area contributed by atoms with E-state index in [-0.39, 0.29) is 0 Å². The van der Waals surface area contributed by atoms with E-state index in [2.05, 4.69) is 25.7 Å². The summed E-state index contributed by atoms with van der Waals surface area (Å²) in [7, 11) is 0. The third kappa shape index (κ3) is 1.91. The van der Waals surface area contributed by atoms with Crippen molar-refractivity contribution in [2.24, 2.45) is 5.41 Å². The molecular weight excluding hydrogens is 226 g/mol. The summed E-state index contributed by atoms with van der Waals surface area (Å²) in [6.07, 6.45) is 5.77. The van der Waals surface area contributed by atoms with E-state index in [4.69, 9.17) is 9.47 Å². The SMILES string of the molecule is CC(C)(C)C12CCCN1C(COC1COC1)CC2. The number of hydrogen-bond donors (Lipinski definition) is 0. The molecule has 0 radical (unpaired) electrons. The largest absolute Gasteiger partial charge is 0.376 e. The zero-order chi connectivity index (χ0) is 12.8. The normalized spacial score (nSPS) is 37.8. The van der Waals surface area contributed by atoms with Gasteiger partial charge in [0.05, 0.1) is 19.8 Å². The minimum absolute atomic E-state index is 0.372. The molecule has 3 nitrogen and oxygen atoms in total. The molecule has 2 atom stereocenters. The van der Waals surface area contributed by atoms with Gasteiger partial charge in [0.2, 0.25) is 0 Å². The van der Waals surface area contributed by atoms with Crippen molar-refractivity contribution in [1.82, 2.24) is 4.90 Å². The molecule has 3 aliphatic heterocycles. The van der Waals surface area contributed by atoms with Crippen molar-refractivity contribution in [3.63, 3.8) is 0 Å². The second kappa shape index (κ2) is 4.46. The van der Waals surface area contributed by atoms with Crippen molar-refractivity contribution in [1.29, 1.82) is 0 Å². The van der Waals surface area contributed by atoms with Gasteiger partial charge in [0.15, 0.2) is 0 Å². The summed E-state index contributed by atoms with van der Waals surface area (Å²) in [5, 5.41) is 0. The highest BCUT2D eigenvalue weighted by molar-refractivity contribution is 5.10. The zero-order valence-electron chi connectivity index (χ0n) is 12.1. The van der Waals surface area contributed by atoms with Gasteiger partial charge in [-0.3, -0.25) is 4.90 Å². The molecule has 0 amide bonds. The maximum absolute atomic E-state index is 5.96. The number of ether oxygens (including phenoxy) is 2. The van der Waals surface area contributed by atoms with Crippen LogP contribution in [0.15, 0.2) is 0 Å². The predicted octanol–water partition coefficient (Wildman–Crippen LogP) is 2.44. The molecule has 0 bridgehead atoms. The van der Waals surface area contributed by atoms with Crippen LogP contribution in [0.5, 0.6) is 0 Å². The summed E-state index contributed by atoms with van der Waals surface area (Å²) >= 11 is 0. The molecule has 3 heteroatoms. The quantitative estimate of drug-likeness (QED) is 0.771. The highest BCUT2D eigenvalue weighted by Crippen LogP contribution is 2.52. The second-order valence-electron chi connectivity index (χ2n) is 7.26. The molecule has 0 aromatic heterocycles. The Labute approximate surface area is 111 Å². The molecule has 3 heterocycles. The van der Waals surface area contributed by atoms with E-state index >= 15 is 0 Å². The van der Waals surface area contributed by atoms with Gasteiger partial charge in [-0.2, -0.15) is 0 Å². The average molecular weight is 253 g/mol. The third-order valence-electron chi connectivity index (χ3n) is 5.40. The van der Waals surface area contributed by atoms with Crippen molar-refractivity contribution in [2.75, 3.05) is 26.4 Å². The van der Waals surface area contributed by atoms with Crippen LogP contribution in [0, 0.1) is 5.41 Å². The molecule has 0 saturated carbocycles. The van der Waals surface area contributed by atoms with Gasteiger partial charge in [-0.15, -0.1) is 0 Å². The van der Waals surface area contributed by atoms with E-state index < -0.39 is 0 Å². The summed E-state index contributed by atoms with van der Waals surface area (Å²) < 4.78 is 11.1. The molecule has 3 saturated heterocycles. The maximum atomic E-state index is 5.96. The van der Waals surface area contributed by atoms with Crippen molar-refractivity contribution in [2.45, 2.75) is 64.1 Å². The van der Waals surface area contributed by atoms with E-state index in [1.807, 2.05) is 0 Å². The van der Waals surface area contributed by atoms with Crippen LogP contribution < -0.4 is 0 Å². The average Bonchev–Trinajstić information content (AvgIpc) is 2.75. The van der Waals surface area contributed by atoms with E-state index in [0.717, 1.165) is 19.8 Å². The zero-order valence-corrected chi connectivity index (χ0v) is 12.1. The molecule has 0 spiro atoms. The fraction of sp³-hybridized carbons (Fsp3) is 1.00. The summed E-state index contributed by atoms with van der Waals surface area (Å²) in [6.45, 7) is 11.0. The van der Waals surface area contributed by atoms with Crippen molar-refractivity contribution >= 4 is 0 Å². The standard InChI is InChI=1S/C15H27NO2/c1-14(2,3)15-6-4-8-16(15)12(5-7-15)9-18-13-10-17-11-13/h12-13H,4-11H2,1-3H3. The van der Waals surface area contributed by atoms with Crippen LogP contribution in [0.3, 0.4) is 0 Å². The minimum atomic E-state index is 0.372. The van der Waals surface area contributed by atoms with E-state index in [1.54, 1.807) is 0 Å². The first-order valence-electron chi connectivity index (χ1n) is 7.49. The van der Waals surface area contributed by atoms with Crippen LogP contribution in [-0.2, 0) is 9.47 Å². The van der Waals surface area contributed by atoms with Crippen LogP contribution in [0.25, 0.3) is 0 Å². The Kier molecular flexibility index (Phi) is 3.20. The fourth-order valence-electron chi connectivity index (χ4n) is 4.17. The Morgan fingerprint density at radius 3 is 2.67 bits per heavy atom. The first kappa shape index (κ1) is 12.9. The van der Waals surface area contributed by atoms with E-state index in [1.165, 1.54) is 32.2 Å². The van der Waals surface area contributed by atoms with Gasteiger partial charge in [-0.1, -0.05) is 20.8 Å². The van der Waals surface area contributed by atoms with Gasteiger partial charge in [0, 0.05) is 11.6 Å². The molecule has 0 aliphatic carbocycles. The molecule has 18 heavy (non-hydrogen) atoms. The van der Waals surface area contributed by atoms with Gasteiger partial charge in [0.1, 0.15) is 6.10 Å². The second-order valence-corrected chi connectivity index (χ2v) is 7.26.